The van der Waals surface area contributed by atoms with Crippen molar-refractivity contribution >= 4 is 28.6 Å². The van der Waals surface area contributed by atoms with Crippen molar-refractivity contribution in [3.8, 4) is 0 Å². The lowest BCUT2D eigenvalue weighted by Crippen LogP contribution is -2.29. The second-order valence-electron chi connectivity index (χ2n) is 7.98. The van der Waals surface area contributed by atoms with Crippen LogP contribution < -0.4 is 15.5 Å². The normalized spacial score (nSPS) is 15.1. The molecule has 0 aromatic carbocycles. The maximum Gasteiger partial charge on any atom is 0.411 e. The fraction of sp³-hybridized carbons (Fsp3) is 0.524. The Kier molecular flexibility index (Phi) is 6.94. The molecule has 0 unspecified atom stereocenters. The average Bonchev–Trinajstić information content (AvgIpc) is 2.94. The largest absolute Gasteiger partial charge is 0.411 e. The van der Waals surface area contributed by atoms with Crippen LogP contribution in [0.25, 0.3) is 11.0 Å². The number of fused-ring (bicyclic) bond motifs is 1. The molecule has 0 bridgehead atoms. The van der Waals surface area contributed by atoms with Gasteiger partial charge in [0, 0.05) is 25.8 Å². The van der Waals surface area contributed by atoms with Crippen LogP contribution in [0.5, 0.6) is 0 Å². The number of aryl methyl sites for hydroxylation is 2. The van der Waals surface area contributed by atoms with Crippen molar-refractivity contribution in [2.45, 2.75) is 33.0 Å². The maximum atomic E-state index is 12.4. The zero-order chi connectivity index (χ0) is 23.4. The summed E-state index contributed by atoms with van der Waals surface area (Å²) in [7, 11) is 0. The van der Waals surface area contributed by atoms with Gasteiger partial charge in [-0.2, -0.15) is 23.3 Å². The molecule has 0 aliphatic carbocycles. The van der Waals surface area contributed by atoms with Crippen molar-refractivity contribution in [2.24, 2.45) is 0 Å². The van der Waals surface area contributed by atoms with Gasteiger partial charge in [0.05, 0.1) is 18.8 Å². The van der Waals surface area contributed by atoms with Crippen molar-refractivity contribution in [3.05, 3.63) is 29.6 Å². The summed E-state index contributed by atoms with van der Waals surface area (Å²) < 4.78 is 43.7. The predicted octanol–water partition coefficient (Wildman–Crippen LogP) is 2.96. The van der Waals surface area contributed by atoms with Gasteiger partial charge in [-0.15, -0.1) is 0 Å². The van der Waals surface area contributed by atoms with E-state index < -0.39 is 12.8 Å². The van der Waals surface area contributed by atoms with E-state index in [-0.39, 0.29) is 13.2 Å². The van der Waals surface area contributed by atoms with Gasteiger partial charge in [-0.05, 0) is 38.4 Å². The highest BCUT2D eigenvalue weighted by atomic mass is 19.4. The van der Waals surface area contributed by atoms with Crippen LogP contribution in [-0.2, 0) is 11.3 Å². The molecule has 0 radical (unpaired) electrons. The molecule has 0 atom stereocenters. The van der Waals surface area contributed by atoms with Crippen LogP contribution in [0.2, 0.25) is 0 Å². The molecule has 0 spiro atoms. The first kappa shape index (κ1) is 23.2. The van der Waals surface area contributed by atoms with E-state index in [1.54, 1.807) is 10.9 Å². The van der Waals surface area contributed by atoms with Gasteiger partial charge in [0.2, 0.25) is 5.95 Å². The molecule has 2 N–H and O–H groups in total. The minimum atomic E-state index is -4.37. The molecule has 178 valence electrons. The number of anilines is 3. The first-order valence-corrected chi connectivity index (χ1v) is 10.9. The third-order valence-electron chi connectivity index (χ3n) is 5.24. The van der Waals surface area contributed by atoms with Gasteiger partial charge in [0.25, 0.3) is 0 Å². The summed E-state index contributed by atoms with van der Waals surface area (Å²) in [6, 6.07) is 3.78. The number of ether oxygens (including phenoxy) is 1. The van der Waals surface area contributed by atoms with E-state index in [9.17, 15) is 13.2 Å². The third-order valence-corrected chi connectivity index (χ3v) is 5.24. The molecule has 3 aromatic rings. The number of aromatic nitrogens is 5. The first-order chi connectivity index (χ1) is 15.8. The Morgan fingerprint density at radius 1 is 1.15 bits per heavy atom. The molecule has 1 aliphatic heterocycles. The van der Waals surface area contributed by atoms with Crippen LogP contribution in [0, 0.1) is 13.8 Å². The van der Waals surface area contributed by atoms with E-state index in [0.29, 0.717) is 34.3 Å². The molecule has 3 aromatic heterocycles. The van der Waals surface area contributed by atoms with Crippen molar-refractivity contribution in [3.63, 3.8) is 0 Å². The van der Waals surface area contributed by atoms with Gasteiger partial charge >= 0.3 is 6.18 Å². The number of alkyl halides is 3. The van der Waals surface area contributed by atoms with E-state index in [0.717, 1.165) is 38.2 Å². The van der Waals surface area contributed by atoms with Crippen LogP contribution in [0.1, 0.15) is 17.7 Å². The minimum absolute atomic E-state index is 0.132. The summed E-state index contributed by atoms with van der Waals surface area (Å²) in [4.78, 5) is 16.1. The SMILES string of the molecule is Cc1ccc(Nc2nc(N3CCCNCC3)nc3c(C)nn(CCOCC(F)(F)F)c23)nc1. The molecule has 33 heavy (non-hydrogen) atoms. The number of halogens is 3. The van der Waals surface area contributed by atoms with Gasteiger partial charge in [-0.1, -0.05) is 6.07 Å². The molecule has 0 amide bonds. The van der Waals surface area contributed by atoms with Gasteiger partial charge in [0.1, 0.15) is 23.5 Å². The number of pyridine rings is 1. The smallest absolute Gasteiger partial charge is 0.370 e. The van der Waals surface area contributed by atoms with Crippen molar-refractivity contribution in [2.75, 3.05) is 49.6 Å². The summed E-state index contributed by atoms with van der Waals surface area (Å²) in [6.07, 6.45) is -1.65. The average molecular weight is 464 g/mol. The van der Waals surface area contributed by atoms with Crippen molar-refractivity contribution < 1.29 is 17.9 Å². The number of nitrogens with one attached hydrogen (secondary N) is 2. The molecular weight excluding hydrogens is 437 g/mol. The van der Waals surface area contributed by atoms with Crippen LogP contribution in [-0.4, -0.2) is 70.3 Å². The molecule has 9 nitrogen and oxygen atoms in total. The Morgan fingerprint density at radius 3 is 2.76 bits per heavy atom. The fourth-order valence-corrected chi connectivity index (χ4v) is 3.66. The molecule has 4 rings (SSSR count). The molecule has 12 heteroatoms. The lowest BCUT2D eigenvalue weighted by Gasteiger charge is -2.21. The summed E-state index contributed by atoms with van der Waals surface area (Å²) in [5, 5.41) is 11.1. The highest BCUT2D eigenvalue weighted by molar-refractivity contribution is 5.90. The van der Waals surface area contributed by atoms with Gasteiger partial charge < -0.3 is 20.3 Å². The number of hydrogen-bond donors (Lipinski definition) is 2. The molecule has 1 fully saturated rings. The highest BCUT2D eigenvalue weighted by Gasteiger charge is 2.27. The summed E-state index contributed by atoms with van der Waals surface area (Å²) in [5.74, 6) is 1.68. The second-order valence-corrected chi connectivity index (χ2v) is 7.98. The number of rotatable bonds is 7. The molecule has 4 heterocycles. The first-order valence-electron chi connectivity index (χ1n) is 10.9. The Morgan fingerprint density at radius 2 is 2.00 bits per heavy atom. The molecule has 1 aliphatic rings. The second kappa shape index (κ2) is 9.87. The zero-order valence-electron chi connectivity index (χ0n) is 18.6. The van der Waals surface area contributed by atoms with E-state index in [1.165, 1.54) is 0 Å². The Balaban J connectivity index is 1.69. The van der Waals surface area contributed by atoms with Crippen LogP contribution >= 0.6 is 0 Å². The number of nitrogens with zero attached hydrogens (tertiary/aromatic N) is 6. The lowest BCUT2D eigenvalue weighted by molar-refractivity contribution is -0.174. The van der Waals surface area contributed by atoms with E-state index in [4.69, 9.17) is 14.7 Å². The van der Waals surface area contributed by atoms with Crippen molar-refractivity contribution in [1.29, 1.82) is 0 Å². The standard InChI is InChI=1S/C21H27F3N8O/c1-14-4-5-16(26-12-14)27-19-18-17(28-20(29-19)31-8-3-6-25-7-9-31)15(2)30-32(18)10-11-33-13-21(22,23)24/h4-5,12,25H,3,6-11,13H2,1-2H3,(H,26,27,28,29). The fourth-order valence-electron chi connectivity index (χ4n) is 3.66. The van der Waals surface area contributed by atoms with Crippen LogP contribution in [0.3, 0.4) is 0 Å². The Bertz CT molecular complexity index is 1080. The topological polar surface area (TPSA) is 93.0 Å². The minimum Gasteiger partial charge on any atom is -0.370 e. The maximum absolute atomic E-state index is 12.4. The highest BCUT2D eigenvalue weighted by Crippen LogP contribution is 2.28. The summed E-state index contributed by atoms with van der Waals surface area (Å²) in [6.45, 7) is 5.82. The quantitative estimate of drug-likeness (QED) is 0.516. The van der Waals surface area contributed by atoms with Gasteiger partial charge in [0.15, 0.2) is 5.82 Å². The zero-order valence-corrected chi connectivity index (χ0v) is 18.6. The van der Waals surface area contributed by atoms with E-state index in [2.05, 4.69) is 25.6 Å². The summed E-state index contributed by atoms with van der Waals surface area (Å²) >= 11 is 0. The van der Waals surface area contributed by atoms with E-state index >= 15 is 0 Å². The predicted molar refractivity (Wildman–Crippen MR) is 119 cm³/mol. The lowest BCUT2D eigenvalue weighted by atomic mass is 10.3. The van der Waals surface area contributed by atoms with Crippen LogP contribution in [0.4, 0.5) is 30.8 Å². The molecule has 1 saturated heterocycles. The van der Waals surface area contributed by atoms with E-state index in [1.807, 2.05) is 26.0 Å². The van der Waals surface area contributed by atoms with Gasteiger partial charge in [-0.25, -0.2) is 9.97 Å². The monoisotopic (exact) mass is 464 g/mol. The molecule has 0 saturated carbocycles. The van der Waals surface area contributed by atoms with Gasteiger partial charge in [-0.3, -0.25) is 4.68 Å². The third kappa shape index (κ3) is 5.88. The van der Waals surface area contributed by atoms with Crippen LogP contribution in [0.15, 0.2) is 18.3 Å². The summed E-state index contributed by atoms with van der Waals surface area (Å²) in [5.41, 5.74) is 2.93. The van der Waals surface area contributed by atoms with Crippen molar-refractivity contribution in [1.82, 2.24) is 30.0 Å². The Labute approximate surface area is 189 Å². The molecular formula is C21H27F3N8O. The Hall–Kier alpha value is -2.99. The number of hydrogen-bond acceptors (Lipinski definition) is 8.